The monoisotopic (exact) mass is 227 g/mol. The maximum absolute atomic E-state index is 10.7. The molecule has 6 heteroatoms. The molecule has 0 saturated carbocycles. The van der Waals surface area contributed by atoms with Crippen molar-refractivity contribution in [3.05, 3.63) is 24.0 Å². The smallest absolute Gasteiger partial charge is 0.262 e. The molecule has 0 radical (unpaired) electrons. The van der Waals surface area contributed by atoms with E-state index in [0.717, 1.165) is 5.56 Å². The van der Waals surface area contributed by atoms with Crippen LogP contribution in [-0.2, 0) is 9.05 Å². The van der Waals surface area contributed by atoms with Crippen LogP contribution < -0.4 is 0 Å². The molecule has 3 nitrogen and oxygen atoms in total. The van der Waals surface area contributed by atoms with Gasteiger partial charge in [0.15, 0.2) is 0 Å². The molecule has 0 spiro atoms. The number of hydrogen-bond acceptors (Lipinski definition) is 3. The Balaban J connectivity index is 0.00000121. The number of aryl methyl sites for hydroxylation is 1. The summed E-state index contributed by atoms with van der Waals surface area (Å²) in [5.74, 6) is 0. The molecule has 0 aromatic carbocycles. The summed E-state index contributed by atoms with van der Waals surface area (Å²) in [5, 5.41) is 0. The fraction of sp³-hybridized carbons (Fsp3) is 0.167. The lowest BCUT2D eigenvalue weighted by Crippen LogP contribution is -1.91. The topological polar surface area (TPSA) is 47.0 Å². The molecular formula is C6H7Cl2NO2S. The largest absolute Gasteiger partial charge is 0.263 e. The Hall–Kier alpha value is -0.320. The standard InChI is InChI=1S/C6H6ClNO2S.ClH/c1-5-2-6(4-8-3-5)11(7,9)10;/h2-4H,1H3;1H. The molecular weight excluding hydrogens is 221 g/mol. The quantitative estimate of drug-likeness (QED) is 0.688. The summed E-state index contributed by atoms with van der Waals surface area (Å²) >= 11 is 0. The number of pyridine rings is 1. The molecule has 1 rings (SSSR count). The molecule has 0 amide bonds. The molecule has 1 aromatic rings. The van der Waals surface area contributed by atoms with Crippen molar-refractivity contribution in [2.24, 2.45) is 0 Å². The molecule has 0 aliphatic rings. The van der Waals surface area contributed by atoms with Gasteiger partial charge in [-0.2, -0.15) is 0 Å². The van der Waals surface area contributed by atoms with Gasteiger partial charge in [0.25, 0.3) is 9.05 Å². The first kappa shape index (κ1) is 11.7. The van der Waals surface area contributed by atoms with Gasteiger partial charge in [-0.25, -0.2) is 8.42 Å². The van der Waals surface area contributed by atoms with E-state index in [-0.39, 0.29) is 17.3 Å². The summed E-state index contributed by atoms with van der Waals surface area (Å²) in [4.78, 5) is 3.73. The normalized spacial score (nSPS) is 10.5. The van der Waals surface area contributed by atoms with Gasteiger partial charge >= 0.3 is 0 Å². The number of hydrogen-bond donors (Lipinski definition) is 0. The van der Waals surface area contributed by atoms with Crippen molar-refractivity contribution in [3.8, 4) is 0 Å². The highest BCUT2D eigenvalue weighted by atomic mass is 35.7. The summed E-state index contributed by atoms with van der Waals surface area (Å²) in [6, 6.07) is 1.47. The van der Waals surface area contributed by atoms with E-state index in [1.807, 2.05) is 0 Å². The van der Waals surface area contributed by atoms with Crippen LogP contribution in [0.1, 0.15) is 5.56 Å². The SMILES string of the molecule is Cc1cncc(S(=O)(=O)Cl)c1.Cl. The summed E-state index contributed by atoms with van der Waals surface area (Å²) in [6.45, 7) is 1.75. The molecule has 0 saturated heterocycles. The zero-order valence-electron chi connectivity index (χ0n) is 6.19. The third-order valence-corrected chi connectivity index (χ3v) is 2.45. The average Bonchev–Trinajstić information content (AvgIpc) is 1.86. The summed E-state index contributed by atoms with van der Waals surface area (Å²) in [7, 11) is 1.45. The van der Waals surface area contributed by atoms with Gasteiger partial charge in [-0.05, 0) is 18.6 Å². The van der Waals surface area contributed by atoms with Crippen LogP contribution in [0.25, 0.3) is 0 Å². The first-order valence-electron chi connectivity index (χ1n) is 2.86. The highest BCUT2D eigenvalue weighted by Crippen LogP contribution is 2.13. The summed E-state index contributed by atoms with van der Waals surface area (Å²) in [6.07, 6.45) is 2.78. The maximum atomic E-state index is 10.7. The fourth-order valence-corrected chi connectivity index (χ4v) is 1.43. The Kier molecular flexibility index (Phi) is 3.96. The predicted molar refractivity (Wildman–Crippen MR) is 49.3 cm³/mol. The van der Waals surface area contributed by atoms with Crippen LogP contribution >= 0.6 is 23.1 Å². The second kappa shape index (κ2) is 4.07. The molecule has 0 N–H and O–H groups in total. The van der Waals surface area contributed by atoms with Crippen molar-refractivity contribution >= 4 is 32.1 Å². The number of rotatable bonds is 1. The highest BCUT2D eigenvalue weighted by Gasteiger charge is 2.08. The molecule has 1 aromatic heterocycles. The van der Waals surface area contributed by atoms with Gasteiger partial charge in [0.1, 0.15) is 4.90 Å². The molecule has 0 unspecified atom stereocenters. The Bertz CT molecular complexity index is 364. The second-order valence-electron chi connectivity index (χ2n) is 2.14. The maximum Gasteiger partial charge on any atom is 0.262 e. The molecule has 0 bridgehead atoms. The van der Waals surface area contributed by atoms with Gasteiger partial charge in [-0.1, -0.05) is 0 Å². The Labute approximate surface area is 81.6 Å². The van der Waals surface area contributed by atoms with Crippen molar-refractivity contribution in [1.29, 1.82) is 0 Å². The van der Waals surface area contributed by atoms with Crippen LogP contribution in [0.15, 0.2) is 23.4 Å². The Morgan fingerprint density at radius 1 is 1.42 bits per heavy atom. The molecule has 0 fully saturated rings. The van der Waals surface area contributed by atoms with E-state index in [0.29, 0.717) is 0 Å². The predicted octanol–water partition coefficient (Wildman–Crippen LogP) is 1.74. The number of aromatic nitrogens is 1. The highest BCUT2D eigenvalue weighted by molar-refractivity contribution is 8.13. The van der Waals surface area contributed by atoms with E-state index in [9.17, 15) is 8.42 Å². The van der Waals surface area contributed by atoms with Crippen LogP contribution in [-0.4, -0.2) is 13.4 Å². The van der Waals surface area contributed by atoms with E-state index in [1.54, 1.807) is 13.1 Å². The fourth-order valence-electron chi connectivity index (χ4n) is 0.661. The van der Waals surface area contributed by atoms with Gasteiger partial charge in [0, 0.05) is 23.1 Å². The molecule has 12 heavy (non-hydrogen) atoms. The third kappa shape index (κ3) is 2.97. The summed E-state index contributed by atoms with van der Waals surface area (Å²) in [5.41, 5.74) is 0.770. The van der Waals surface area contributed by atoms with Crippen molar-refractivity contribution in [3.63, 3.8) is 0 Å². The average molecular weight is 228 g/mol. The van der Waals surface area contributed by atoms with Crippen LogP contribution in [0, 0.1) is 6.92 Å². The van der Waals surface area contributed by atoms with Gasteiger partial charge in [-0.3, -0.25) is 4.98 Å². The van der Waals surface area contributed by atoms with Gasteiger partial charge in [-0.15, -0.1) is 12.4 Å². The van der Waals surface area contributed by atoms with Gasteiger partial charge in [0.2, 0.25) is 0 Å². The minimum Gasteiger partial charge on any atom is -0.263 e. The van der Waals surface area contributed by atoms with Crippen molar-refractivity contribution in [2.45, 2.75) is 11.8 Å². The van der Waals surface area contributed by atoms with Crippen molar-refractivity contribution < 1.29 is 8.42 Å². The lowest BCUT2D eigenvalue weighted by atomic mass is 10.3. The minimum absolute atomic E-state index is 0. The molecule has 1 heterocycles. The molecule has 68 valence electrons. The summed E-state index contributed by atoms with van der Waals surface area (Å²) < 4.78 is 21.4. The van der Waals surface area contributed by atoms with E-state index < -0.39 is 9.05 Å². The molecule has 0 aliphatic carbocycles. The lowest BCUT2D eigenvalue weighted by Gasteiger charge is -1.94. The van der Waals surface area contributed by atoms with Gasteiger partial charge < -0.3 is 0 Å². The van der Waals surface area contributed by atoms with E-state index in [2.05, 4.69) is 4.98 Å². The van der Waals surface area contributed by atoms with E-state index >= 15 is 0 Å². The van der Waals surface area contributed by atoms with E-state index in [1.165, 1.54) is 12.3 Å². The molecule has 0 atom stereocenters. The zero-order valence-corrected chi connectivity index (χ0v) is 8.58. The minimum atomic E-state index is -3.62. The number of nitrogens with zero attached hydrogens (tertiary/aromatic N) is 1. The number of halogens is 2. The Morgan fingerprint density at radius 3 is 2.33 bits per heavy atom. The first-order valence-corrected chi connectivity index (χ1v) is 5.17. The van der Waals surface area contributed by atoms with E-state index in [4.69, 9.17) is 10.7 Å². The molecule has 0 aliphatic heterocycles. The second-order valence-corrected chi connectivity index (χ2v) is 4.70. The van der Waals surface area contributed by atoms with Crippen molar-refractivity contribution in [2.75, 3.05) is 0 Å². The van der Waals surface area contributed by atoms with Crippen LogP contribution in [0.5, 0.6) is 0 Å². The van der Waals surface area contributed by atoms with Crippen LogP contribution in [0.4, 0.5) is 0 Å². The third-order valence-electron chi connectivity index (χ3n) is 1.13. The Morgan fingerprint density at radius 2 is 2.00 bits per heavy atom. The van der Waals surface area contributed by atoms with Crippen molar-refractivity contribution in [1.82, 2.24) is 4.98 Å². The first-order chi connectivity index (χ1) is 5.00. The van der Waals surface area contributed by atoms with Gasteiger partial charge in [0.05, 0.1) is 0 Å². The lowest BCUT2D eigenvalue weighted by molar-refractivity contribution is 0.609. The van der Waals surface area contributed by atoms with Crippen LogP contribution in [0.3, 0.4) is 0 Å². The van der Waals surface area contributed by atoms with Crippen LogP contribution in [0.2, 0.25) is 0 Å². The zero-order chi connectivity index (χ0) is 8.48.